The highest BCUT2D eigenvalue weighted by molar-refractivity contribution is 5.78. The number of aliphatic hydroxyl groups is 1. The molecule has 0 aliphatic heterocycles. The molecule has 1 aromatic carbocycles. The van der Waals surface area contributed by atoms with E-state index in [4.69, 9.17) is 10.5 Å². The van der Waals surface area contributed by atoms with E-state index in [2.05, 4.69) is 0 Å². The van der Waals surface area contributed by atoms with Gasteiger partial charge in [0, 0.05) is 0 Å². The van der Waals surface area contributed by atoms with Crippen molar-refractivity contribution in [2.75, 3.05) is 0 Å². The summed E-state index contributed by atoms with van der Waals surface area (Å²) in [6.45, 7) is 3.27. The summed E-state index contributed by atoms with van der Waals surface area (Å²) in [5, 5.41) is 9.27. The van der Waals surface area contributed by atoms with E-state index in [1.54, 1.807) is 38.1 Å². The second-order valence-corrected chi connectivity index (χ2v) is 3.41. The number of amides is 1. The van der Waals surface area contributed by atoms with Crippen molar-refractivity contribution < 1.29 is 14.6 Å². The number of aliphatic hydroxyl groups excluding tert-OH is 1. The number of primary amides is 1. The van der Waals surface area contributed by atoms with Crippen LogP contribution >= 0.6 is 0 Å². The van der Waals surface area contributed by atoms with Gasteiger partial charge in [-0.05, 0) is 31.5 Å². The van der Waals surface area contributed by atoms with Crippen molar-refractivity contribution >= 4 is 5.91 Å². The highest BCUT2D eigenvalue weighted by Gasteiger charge is 2.10. The van der Waals surface area contributed by atoms with Gasteiger partial charge in [-0.15, -0.1) is 0 Å². The molecule has 15 heavy (non-hydrogen) atoms. The maximum atomic E-state index is 10.7. The molecule has 2 atom stereocenters. The smallest absolute Gasteiger partial charge is 0.258 e. The molecule has 0 bridgehead atoms. The normalized spacial score (nSPS) is 14.3. The highest BCUT2D eigenvalue weighted by atomic mass is 16.5. The fourth-order valence-corrected chi connectivity index (χ4v) is 1.09. The van der Waals surface area contributed by atoms with Gasteiger partial charge in [0.05, 0.1) is 6.10 Å². The third-order valence-electron chi connectivity index (χ3n) is 2.08. The molecule has 1 rings (SSSR count). The van der Waals surface area contributed by atoms with Gasteiger partial charge >= 0.3 is 0 Å². The first-order valence-corrected chi connectivity index (χ1v) is 4.74. The number of ether oxygens (including phenoxy) is 1. The lowest BCUT2D eigenvalue weighted by molar-refractivity contribution is -0.123. The van der Waals surface area contributed by atoms with Crippen LogP contribution in [0.3, 0.4) is 0 Å². The van der Waals surface area contributed by atoms with Crippen LogP contribution < -0.4 is 10.5 Å². The van der Waals surface area contributed by atoms with Crippen LogP contribution in [0.15, 0.2) is 24.3 Å². The molecule has 0 spiro atoms. The molecule has 3 N–H and O–H groups in total. The Morgan fingerprint density at radius 1 is 1.33 bits per heavy atom. The summed E-state index contributed by atoms with van der Waals surface area (Å²) in [7, 11) is 0. The summed E-state index contributed by atoms with van der Waals surface area (Å²) in [5.41, 5.74) is 5.86. The summed E-state index contributed by atoms with van der Waals surface area (Å²) in [6.07, 6.45) is -1.16. The van der Waals surface area contributed by atoms with Crippen molar-refractivity contribution in [1.29, 1.82) is 0 Å². The van der Waals surface area contributed by atoms with E-state index >= 15 is 0 Å². The number of nitrogens with two attached hydrogens (primary N) is 1. The zero-order valence-corrected chi connectivity index (χ0v) is 8.81. The summed E-state index contributed by atoms with van der Waals surface area (Å²) in [6, 6.07) is 6.88. The third-order valence-corrected chi connectivity index (χ3v) is 2.08. The molecule has 0 heterocycles. The first-order valence-electron chi connectivity index (χ1n) is 4.74. The molecule has 2 unspecified atom stereocenters. The van der Waals surface area contributed by atoms with E-state index in [-0.39, 0.29) is 0 Å². The molecule has 0 radical (unpaired) electrons. The number of hydrogen-bond donors (Lipinski definition) is 2. The third kappa shape index (κ3) is 3.25. The van der Waals surface area contributed by atoms with Crippen LogP contribution in [-0.2, 0) is 4.79 Å². The van der Waals surface area contributed by atoms with Crippen molar-refractivity contribution in [1.82, 2.24) is 0 Å². The van der Waals surface area contributed by atoms with Gasteiger partial charge in [-0.1, -0.05) is 12.1 Å². The van der Waals surface area contributed by atoms with E-state index in [1.165, 1.54) is 0 Å². The van der Waals surface area contributed by atoms with E-state index in [0.29, 0.717) is 5.75 Å². The van der Waals surface area contributed by atoms with Crippen LogP contribution in [0.2, 0.25) is 0 Å². The Morgan fingerprint density at radius 2 is 1.87 bits per heavy atom. The molecule has 0 saturated carbocycles. The van der Waals surface area contributed by atoms with Crippen LogP contribution in [-0.4, -0.2) is 17.1 Å². The van der Waals surface area contributed by atoms with Crippen molar-refractivity contribution in [3.63, 3.8) is 0 Å². The van der Waals surface area contributed by atoms with E-state index in [9.17, 15) is 9.90 Å². The summed E-state index contributed by atoms with van der Waals surface area (Å²) >= 11 is 0. The van der Waals surface area contributed by atoms with Crippen molar-refractivity contribution in [2.24, 2.45) is 5.73 Å². The second kappa shape index (κ2) is 4.79. The molecule has 1 aromatic rings. The Kier molecular flexibility index (Phi) is 3.68. The molecular formula is C11H15NO3. The molecule has 82 valence electrons. The van der Waals surface area contributed by atoms with Gasteiger partial charge in [0.25, 0.3) is 5.91 Å². The average Bonchev–Trinajstić information content (AvgIpc) is 2.18. The number of carbonyl (C=O) groups excluding carboxylic acids is 1. The van der Waals surface area contributed by atoms with E-state index < -0.39 is 18.1 Å². The van der Waals surface area contributed by atoms with E-state index in [1.807, 2.05) is 0 Å². The lowest BCUT2D eigenvalue weighted by atomic mass is 10.1. The molecule has 1 amide bonds. The first-order chi connectivity index (χ1) is 7.00. The number of hydrogen-bond acceptors (Lipinski definition) is 3. The fraction of sp³-hybridized carbons (Fsp3) is 0.364. The molecule has 0 aliphatic rings. The molecule has 0 saturated heterocycles. The zero-order valence-electron chi connectivity index (χ0n) is 8.81. The Hall–Kier alpha value is -1.55. The minimum atomic E-state index is -0.651. The molecule has 0 aromatic heterocycles. The largest absolute Gasteiger partial charge is 0.481 e. The van der Waals surface area contributed by atoms with Crippen LogP contribution in [0.5, 0.6) is 5.75 Å². The Balaban J connectivity index is 2.68. The molecule has 4 heteroatoms. The Bertz CT molecular complexity index is 332. The second-order valence-electron chi connectivity index (χ2n) is 3.41. The van der Waals surface area contributed by atoms with Gasteiger partial charge in [-0.25, -0.2) is 0 Å². The molecule has 0 fully saturated rings. The van der Waals surface area contributed by atoms with Crippen LogP contribution in [0, 0.1) is 0 Å². The SMILES string of the molecule is CC(Oc1ccc(C(C)O)cc1)C(N)=O. The number of carbonyl (C=O) groups is 1. The predicted molar refractivity (Wildman–Crippen MR) is 56.4 cm³/mol. The quantitative estimate of drug-likeness (QED) is 0.776. The summed E-state index contributed by atoms with van der Waals surface area (Å²) in [4.78, 5) is 10.7. The van der Waals surface area contributed by atoms with Gasteiger partial charge in [0.2, 0.25) is 0 Å². The van der Waals surface area contributed by atoms with Crippen LogP contribution in [0.25, 0.3) is 0 Å². The van der Waals surface area contributed by atoms with Gasteiger partial charge in [-0.2, -0.15) is 0 Å². The first kappa shape index (κ1) is 11.5. The Labute approximate surface area is 88.7 Å². The van der Waals surface area contributed by atoms with Crippen molar-refractivity contribution in [3.05, 3.63) is 29.8 Å². The highest BCUT2D eigenvalue weighted by Crippen LogP contribution is 2.18. The average molecular weight is 209 g/mol. The van der Waals surface area contributed by atoms with Crippen molar-refractivity contribution in [2.45, 2.75) is 26.1 Å². The maximum Gasteiger partial charge on any atom is 0.258 e. The standard InChI is InChI=1S/C11H15NO3/c1-7(13)9-3-5-10(6-4-9)15-8(2)11(12)14/h3-8,13H,1-2H3,(H2,12,14). The van der Waals surface area contributed by atoms with Gasteiger partial charge in [0.1, 0.15) is 5.75 Å². The summed E-state index contributed by atoms with van der Waals surface area (Å²) in [5.74, 6) is 0.0558. The van der Waals surface area contributed by atoms with Gasteiger partial charge < -0.3 is 15.6 Å². The monoisotopic (exact) mass is 209 g/mol. The Morgan fingerprint density at radius 3 is 2.27 bits per heavy atom. The van der Waals surface area contributed by atoms with Crippen LogP contribution in [0.1, 0.15) is 25.5 Å². The molecule has 0 aliphatic carbocycles. The lowest BCUT2D eigenvalue weighted by Gasteiger charge is -2.12. The number of benzene rings is 1. The maximum absolute atomic E-state index is 10.7. The van der Waals surface area contributed by atoms with E-state index in [0.717, 1.165) is 5.56 Å². The summed E-state index contributed by atoms with van der Waals surface area (Å²) < 4.78 is 5.25. The minimum absolute atomic E-state index is 0.505. The van der Waals surface area contributed by atoms with Crippen LogP contribution in [0.4, 0.5) is 0 Å². The molecule has 4 nitrogen and oxygen atoms in total. The number of rotatable bonds is 4. The molecular weight excluding hydrogens is 194 g/mol. The zero-order chi connectivity index (χ0) is 11.4. The lowest BCUT2D eigenvalue weighted by Crippen LogP contribution is -2.30. The van der Waals surface area contributed by atoms with Gasteiger partial charge in [0.15, 0.2) is 6.10 Å². The van der Waals surface area contributed by atoms with Gasteiger partial charge in [-0.3, -0.25) is 4.79 Å². The topological polar surface area (TPSA) is 72.6 Å². The fourth-order valence-electron chi connectivity index (χ4n) is 1.09. The predicted octanol–water partition coefficient (Wildman–Crippen LogP) is 0.992. The minimum Gasteiger partial charge on any atom is -0.481 e. The van der Waals surface area contributed by atoms with Crippen molar-refractivity contribution in [3.8, 4) is 5.75 Å².